The Labute approximate surface area is 132 Å². The molecule has 1 aliphatic rings. The molecule has 2 rings (SSSR count). The van der Waals surface area contributed by atoms with E-state index in [-0.39, 0.29) is 10.9 Å². The average Bonchev–Trinajstić information content (AvgIpc) is 2.41. The van der Waals surface area contributed by atoms with Gasteiger partial charge in [0.15, 0.2) is 4.90 Å². The van der Waals surface area contributed by atoms with E-state index in [0.29, 0.717) is 10.4 Å². The third kappa shape index (κ3) is 4.02. The number of nitrogens with one attached hydrogen (secondary N) is 1. The highest BCUT2D eigenvalue weighted by Gasteiger charge is 2.29. The number of halogens is 1. The van der Waals surface area contributed by atoms with Gasteiger partial charge in [-0.15, -0.1) is 0 Å². The van der Waals surface area contributed by atoms with Crippen LogP contribution in [-0.2, 0) is 10.0 Å². The molecule has 0 saturated heterocycles. The van der Waals surface area contributed by atoms with Crippen LogP contribution in [0, 0.1) is 16.0 Å². The Morgan fingerprint density at radius 3 is 2.48 bits per heavy atom. The van der Waals surface area contributed by atoms with E-state index >= 15 is 0 Å². The maximum atomic E-state index is 12.4. The molecular formula is C13H17BrN2O4S. The summed E-state index contributed by atoms with van der Waals surface area (Å²) >= 11 is 3.16. The molecule has 0 aromatic heterocycles. The molecule has 1 aliphatic carbocycles. The van der Waals surface area contributed by atoms with Gasteiger partial charge in [0.05, 0.1) is 4.92 Å². The van der Waals surface area contributed by atoms with Crippen LogP contribution in [-0.4, -0.2) is 19.4 Å². The van der Waals surface area contributed by atoms with E-state index in [2.05, 4.69) is 27.6 Å². The second-order valence-corrected chi connectivity index (χ2v) is 8.05. The summed E-state index contributed by atoms with van der Waals surface area (Å²) in [6.45, 7) is 2.14. The monoisotopic (exact) mass is 376 g/mol. The molecule has 1 saturated carbocycles. The average molecular weight is 377 g/mol. The van der Waals surface area contributed by atoms with Crippen molar-refractivity contribution in [2.24, 2.45) is 5.92 Å². The minimum atomic E-state index is -3.90. The predicted octanol–water partition coefficient (Wildman–Crippen LogP) is 3.21. The zero-order chi connectivity index (χ0) is 15.6. The van der Waals surface area contributed by atoms with Gasteiger partial charge in [-0.1, -0.05) is 22.9 Å². The number of hydrogen-bond acceptors (Lipinski definition) is 4. The van der Waals surface area contributed by atoms with Gasteiger partial charge in [0, 0.05) is 16.6 Å². The van der Waals surface area contributed by atoms with Crippen molar-refractivity contribution in [2.45, 2.75) is 43.5 Å². The quantitative estimate of drug-likeness (QED) is 0.645. The van der Waals surface area contributed by atoms with Crippen LogP contribution in [0.4, 0.5) is 5.69 Å². The highest BCUT2D eigenvalue weighted by molar-refractivity contribution is 9.10. The third-order valence-electron chi connectivity index (χ3n) is 3.75. The van der Waals surface area contributed by atoms with Crippen LogP contribution in [0.15, 0.2) is 27.6 Å². The van der Waals surface area contributed by atoms with E-state index < -0.39 is 20.6 Å². The summed E-state index contributed by atoms with van der Waals surface area (Å²) in [4.78, 5) is 10.0. The molecule has 6 nitrogen and oxygen atoms in total. The van der Waals surface area contributed by atoms with Crippen LogP contribution in [0.25, 0.3) is 0 Å². The third-order valence-corrected chi connectivity index (χ3v) is 5.79. The van der Waals surface area contributed by atoms with Crippen molar-refractivity contribution in [1.82, 2.24) is 4.72 Å². The zero-order valence-corrected chi connectivity index (χ0v) is 14.0. The molecule has 21 heavy (non-hydrogen) atoms. The zero-order valence-electron chi connectivity index (χ0n) is 11.6. The van der Waals surface area contributed by atoms with Gasteiger partial charge in [0.25, 0.3) is 5.69 Å². The molecule has 0 unspecified atom stereocenters. The standard InChI is InChI=1S/C13H17BrN2O4S/c1-9-2-5-11(6-3-9)15-21(19,20)13-8-10(14)4-7-12(13)16(17)18/h4,7-9,11,15H,2-3,5-6H2,1H3. The summed E-state index contributed by atoms with van der Waals surface area (Å²) in [5.41, 5.74) is -0.408. The SMILES string of the molecule is CC1CCC(NS(=O)(=O)c2cc(Br)ccc2[N+](=O)[O-])CC1. The van der Waals surface area contributed by atoms with Crippen LogP contribution < -0.4 is 4.72 Å². The Hall–Kier alpha value is -0.990. The van der Waals surface area contributed by atoms with Crippen LogP contribution in [0.2, 0.25) is 0 Å². The van der Waals surface area contributed by atoms with Crippen LogP contribution in [0.1, 0.15) is 32.6 Å². The molecule has 116 valence electrons. The van der Waals surface area contributed by atoms with E-state index in [9.17, 15) is 18.5 Å². The largest absolute Gasteiger partial charge is 0.289 e. The number of benzene rings is 1. The molecule has 1 N–H and O–H groups in total. The molecule has 0 amide bonds. The first-order valence-electron chi connectivity index (χ1n) is 6.76. The summed E-state index contributed by atoms with van der Waals surface area (Å²) in [7, 11) is -3.90. The first-order chi connectivity index (χ1) is 9.79. The summed E-state index contributed by atoms with van der Waals surface area (Å²) < 4.78 is 27.9. The minimum absolute atomic E-state index is 0.148. The summed E-state index contributed by atoms with van der Waals surface area (Å²) in [6.07, 6.45) is 3.46. The molecule has 1 aromatic rings. The molecule has 0 spiro atoms. The first-order valence-corrected chi connectivity index (χ1v) is 9.03. The Morgan fingerprint density at radius 2 is 1.90 bits per heavy atom. The Morgan fingerprint density at radius 1 is 1.29 bits per heavy atom. The van der Waals surface area contributed by atoms with Crippen molar-refractivity contribution in [3.8, 4) is 0 Å². The number of hydrogen-bond donors (Lipinski definition) is 1. The minimum Gasteiger partial charge on any atom is -0.258 e. The normalized spacial score (nSPS) is 23.0. The lowest BCUT2D eigenvalue weighted by atomic mass is 9.88. The van der Waals surface area contributed by atoms with E-state index in [4.69, 9.17) is 0 Å². The molecule has 8 heteroatoms. The summed E-state index contributed by atoms with van der Waals surface area (Å²) in [6, 6.07) is 3.78. The van der Waals surface area contributed by atoms with Crippen LogP contribution in [0.5, 0.6) is 0 Å². The number of sulfonamides is 1. The molecule has 0 aliphatic heterocycles. The van der Waals surface area contributed by atoms with E-state index in [1.165, 1.54) is 18.2 Å². The lowest BCUT2D eigenvalue weighted by Gasteiger charge is -2.26. The fourth-order valence-corrected chi connectivity index (χ4v) is 4.53. The Kier molecular flexibility index (Phi) is 5.00. The van der Waals surface area contributed by atoms with Gasteiger partial charge in [-0.2, -0.15) is 0 Å². The lowest BCUT2D eigenvalue weighted by Crippen LogP contribution is -2.37. The number of nitrogens with zero attached hydrogens (tertiary/aromatic N) is 1. The summed E-state index contributed by atoms with van der Waals surface area (Å²) in [5, 5.41) is 11.0. The van der Waals surface area contributed by atoms with Crippen molar-refractivity contribution < 1.29 is 13.3 Å². The Bertz CT molecular complexity index is 640. The maximum absolute atomic E-state index is 12.4. The van der Waals surface area contributed by atoms with E-state index in [1.807, 2.05) is 0 Å². The molecule has 0 atom stereocenters. The van der Waals surface area contributed by atoms with Crippen LogP contribution in [0.3, 0.4) is 0 Å². The van der Waals surface area contributed by atoms with Gasteiger partial charge in [-0.25, -0.2) is 13.1 Å². The fourth-order valence-electron chi connectivity index (χ4n) is 2.51. The van der Waals surface area contributed by atoms with E-state index in [0.717, 1.165) is 25.7 Å². The van der Waals surface area contributed by atoms with Crippen LogP contribution >= 0.6 is 15.9 Å². The van der Waals surface area contributed by atoms with Crippen molar-refractivity contribution in [1.29, 1.82) is 0 Å². The topological polar surface area (TPSA) is 89.3 Å². The second-order valence-electron chi connectivity index (χ2n) is 5.45. The van der Waals surface area contributed by atoms with Crippen molar-refractivity contribution in [2.75, 3.05) is 0 Å². The van der Waals surface area contributed by atoms with Gasteiger partial charge < -0.3 is 0 Å². The van der Waals surface area contributed by atoms with Gasteiger partial charge in [-0.05, 0) is 43.7 Å². The highest BCUT2D eigenvalue weighted by atomic mass is 79.9. The number of rotatable bonds is 4. The molecular weight excluding hydrogens is 360 g/mol. The number of nitro groups is 1. The maximum Gasteiger partial charge on any atom is 0.289 e. The van der Waals surface area contributed by atoms with Gasteiger partial charge in [0.2, 0.25) is 10.0 Å². The Balaban J connectivity index is 2.27. The van der Waals surface area contributed by atoms with Gasteiger partial charge in [0.1, 0.15) is 0 Å². The highest BCUT2D eigenvalue weighted by Crippen LogP contribution is 2.29. The number of nitro benzene ring substituents is 1. The molecule has 0 heterocycles. The molecule has 1 aromatic carbocycles. The smallest absolute Gasteiger partial charge is 0.258 e. The van der Waals surface area contributed by atoms with Crippen molar-refractivity contribution in [3.05, 3.63) is 32.8 Å². The predicted molar refractivity (Wildman–Crippen MR) is 82.5 cm³/mol. The molecule has 1 fully saturated rings. The van der Waals surface area contributed by atoms with Gasteiger partial charge >= 0.3 is 0 Å². The van der Waals surface area contributed by atoms with Crippen molar-refractivity contribution >= 4 is 31.6 Å². The molecule has 0 bridgehead atoms. The molecule has 0 radical (unpaired) electrons. The first kappa shape index (κ1) is 16.4. The van der Waals surface area contributed by atoms with E-state index in [1.54, 1.807) is 0 Å². The lowest BCUT2D eigenvalue weighted by molar-refractivity contribution is -0.387. The summed E-state index contributed by atoms with van der Waals surface area (Å²) in [5.74, 6) is 0.603. The van der Waals surface area contributed by atoms with Crippen molar-refractivity contribution in [3.63, 3.8) is 0 Å². The fraction of sp³-hybridized carbons (Fsp3) is 0.538. The second kappa shape index (κ2) is 6.41. The van der Waals surface area contributed by atoms with Gasteiger partial charge in [-0.3, -0.25) is 10.1 Å².